The first-order chi connectivity index (χ1) is 14.1. The fraction of sp³-hybridized carbons (Fsp3) is 0.550. The maximum atomic E-state index is 12.8. The fourth-order valence-electron chi connectivity index (χ4n) is 3.90. The molecule has 2 aliphatic heterocycles. The number of aromatic nitrogens is 2. The highest BCUT2D eigenvalue weighted by Crippen LogP contribution is 2.43. The van der Waals surface area contributed by atoms with E-state index in [1.807, 2.05) is 33.8 Å². The van der Waals surface area contributed by atoms with Gasteiger partial charge in [-0.2, -0.15) is 4.98 Å². The van der Waals surface area contributed by atoms with Crippen molar-refractivity contribution in [3.8, 4) is 0 Å². The van der Waals surface area contributed by atoms with Crippen LogP contribution in [0.25, 0.3) is 10.9 Å². The van der Waals surface area contributed by atoms with E-state index in [1.165, 1.54) is 0 Å². The van der Waals surface area contributed by atoms with Crippen molar-refractivity contribution in [2.24, 2.45) is 0 Å². The number of ether oxygens (including phenoxy) is 1. The van der Waals surface area contributed by atoms with Crippen molar-refractivity contribution in [3.05, 3.63) is 26.0 Å². The van der Waals surface area contributed by atoms with E-state index >= 15 is 0 Å². The van der Waals surface area contributed by atoms with Crippen LogP contribution >= 0.6 is 39.3 Å². The van der Waals surface area contributed by atoms with Gasteiger partial charge in [0, 0.05) is 48.3 Å². The summed E-state index contributed by atoms with van der Waals surface area (Å²) in [7, 11) is 0. The maximum Gasteiger partial charge on any atom is 0.410 e. The number of hydrogen-bond donors (Lipinski definition) is 0. The van der Waals surface area contributed by atoms with Crippen molar-refractivity contribution in [3.63, 3.8) is 0 Å². The van der Waals surface area contributed by atoms with Gasteiger partial charge in [-0.1, -0.05) is 11.6 Å². The lowest BCUT2D eigenvalue weighted by Gasteiger charge is -2.41. The molecule has 4 rings (SSSR count). The molecule has 7 nitrogen and oxygen atoms in total. The van der Waals surface area contributed by atoms with Crippen LogP contribution in [-0.4, -0.2) is 57.6 Å². The number of piperazine rings is 1. The Labute approximate surface area is 192 Å². The molecule has 0 radical (unpaired) electrons. The number of aryl methyl sites for hydroxylation is 1. The van der Waals surface area contributed by atoms with Crippen LogP contribution in [-0.2, 0) is 11.3 Å². The molecule has 0 bridgehead atoms. The van der Waals surface area contributed by atoms with Gasteiger partial charge in [0.05, 0.1) is 15.0 Å². The minimum Gasteiger partial charge on any atom is -0.444 e. The summed E-state index contributed by atoms with van der Waals surface area (Å²) in [4.78, 5) is 34.5. The first-order valence-corrected chi connectivity index (χ1v) is 12.0. The van der Waals surface area contributed by atoms with Crippen molar-refractivity contribution in [2.75, 3.05) is 30.3 Å². The second-order valence-electron chi connectivity index (χ2n) is 8.58. The third kappa shape index (κ3) is 3.91. The molecule has 1 saturated heterocycles. The van der Waals surface area contributed by atoms with Crippen molar-refractivity contribution in [1.29, 1.82) is 0 Å². The van der Waals surface area contributed by atoms with Crippen molar-refractivity contribution in [1.82, 2.24) is 14.5 Å². The van der Waals surface area contributed by atoms with E-state index < -0.39 is 5.60 Å². The number of halogens is 2. The summed E-state index contributed by atoms with van der Waals surface area (Å²) >= 11 is 11.8. The van der Waals surface area contributed by atoms with Crippen molar-refractivity contribution in [2.45, 2.75) is 50.8 Å². The summed E-state index contributed by atoms with van der Waals surface area (Å²) in [5.41, 5.74) is 0.0837. The van der Waals surface area contributed by atoms with Gasteiger partial charge in [-0.15, -0.1) is 11.8 Å². The molecule has 0 unspecified atom stereocenters. The molecule has 30 heavy (non-hydrogen) atoms. The highest BCUT2D eigenvalue weighted by molar-refractivity contribution is 9.10. The van der Waals surface area contributed by atoms with Gasteiger partial charge in [-0.25, -0.2) is 9.59 Å². The van der Waals surface area contributed by atoms with Crippen LogP contribution in [0.4, 0.5) is 10.6 Å². The lowest BCUT2D eigenvalue weighted by molar-refractivity contribution is 0.0218. The summed E-state index contributed by atoms with van der Waals surface area (Å²) in [6, 6.07) is 1.85. The van der Waals surface area contributed by atoms with Crippen LogP contribution in [0.15, 0.2) is 20.2 Å². The zero-order chi connectivity index (χ0) is 21.8. The standard InChI is InChI=1S/C20H24BrClN4O3S/c1-11-10-24(19(28)29-20(2,3)4)5-6-25(11)17-12-9-13(22)14(21)16-15(12)26(7-8-30-16)18(27)23-17/h9,11H,5-8,10H2,1-4H3/t11-/m1/s1. The topological polar surface area (TPSA) is 67.7 Å². The smallest absolute Gasteiger partial charge is 0.410 e. The van der Waals surface area contributed by atoms with Crippen molar-refractivity contribution < 1.29 is 9.53 Å². The van der Waals surface area contributed by atoms with E-state index in [0.29, 0.717) is 37.0 Å². The Balaban J connectivity index is 1.72. The van der Waals surface area contributed by atoms with E-state index in [1.54, 1.807) is 21.2 Å². The Bertz CT molecular complexity index is 1080. The van der Waals surface area contributed by atoms with Crippen molar-refractivity contribution >= 4 is 62.1 Å². The molecule has 0 spiro atoms. The van der Waals surface area contributed by atoms with Gasteiger partial charge in [0.1, 0.15) is 11.4 Å². The van der Waals surface area contributed by atoms with Crippen LogP contribution < -0.4 is 10.6 Å². The Morgan fingerprint density at radius 1 is 1.33 bits per heavy atom. The first kappa shape index (κ1) is 21.8. The number of rotatable bonds is 1. The SMILES string of the molecule is C[C@@H]1CN(C(=O)OC(C)(C)C)CCN1c1nc(=O)n2c3c(c(Br)c(Cl)cc13)SCC2. The number of carbonyl (C=O) groups excluding carboxylic acids is 1. The van der Waals surface area contributed by atoms with Gasteiger partial charge >= 0.3 is 11.8 Å². The number of thioether (sulfide) groups is 1. The molecule has 2 aliphatic rings. The third-order valence-electron chi connectivity index (χ3n) is 5.21. The number of anilines is 1. The lowest BCUT2D eigenvalue weighted by Crippen LogP contribution is -2.55. The van der Waals surface area contributed by atoms with Crippen LogP contribution in [0.5, 0.6) is 0 Å². The zero-order valence-corrected chi connectivity index (χ0v) is 20.5. The summed E-state index contributed by atoms with van der Waals surface area (Å²) < 4.78 is 8.06. The Hall–Kier alpha value is -1.45. The van der Waals surface area contributed by atoms with Gasteiger partial charge in [0.15, 0.2) is 0 Å². The minimum atomic E-state index is -0.536. The fourth-order valence-corrected chi connectivity index (χ4v) is 5.88. The number of nitrogens with zero attached hydrogens (tertiary/aromatic N) is 4. The predicted octanol–water partition coefficient (Wildman–Crippen LogP) is 4.36. The Morgan fingerprint density at radius 2 is 2.07 bits per heavy atom. The molecule has 1 amide bonds. The monoisotopic (exact) mass is 514 g/mol. The molecule has 2 aromatic rings. The van der Waals surface area contributed by atoms with Gasteiger partial charge in [0.2, 0.25) is 0 Å². The minimum absolute atomic E-state index is 0.0290. The maximum absolute atomic E-state index is 12.8. The average Bonchev–Trinajstić information content (AvgIpc) is 2.67. The second kappa shape index (κ2) is 7.91. The molecule has 0 saturated carbocycles. The second-order valence-corrected chi connectivity index (χ2v) is 10.9. The van der Waals surface area contributed by atoms with Gasteiger partial charge in [-0.3, -0.25) is 4.57 Å². The Kier molecular flexibility index (Phi) is 5.74. The molecule has 1 aromatic carbocycles. The van der Waals surface area contributed by atoms with E-state index in [4.69, 9.17) is 16.3 Å². The van der Waals surface area contributed by atoms with Crippen LogP contribution in [0.3, 0.4) is 0 Å². The number of hydrogen-bond acceptors (Lipinski definition) is 6. The highest BCUT2D eigenvalue weighted by Gasteiger charge is 2.32. The van der Waals surface area contributed by atoms with E-state index in [0.717, 1.165) is 26.0 Å². The molecule has 1 aromatic heterocycles. The highest BCUT2D eigenvalue weighted by atomic mass is 79.9. The molecule has 0 N–H and O–H groups in total. The molecule has 3 heterocycles. The lowest BCUT2D eigenvalue weighted by atomic mass is 10.1. The van der Waals surface area contributed by atoms with Gasteiger partial charge in [-0.05, 0) is 49.7 Å². The van der Waals surface area contributed by atoms with E-state index in [-0.39, 0.29) is 17.8 Å². The van der Waals surface area contributed by atoms with Gasteiger partial charge < -0.3 is 14.5 Å². The predicted molar refractivity (Wildman–Crippen MR) is 124 cm³/mol. The van der Waals surface area contributed by atoms with Gasteiger partial charge in [0.25, 0.3) is 0 Å². The quantitative estimate of drug-likeness (QED) is 0.562. The molecule has 0 aliphatic carbocycles. The number of carbonyl (C=O) groups is 1. The molecule has 1 atom stereocenters. The van der Waals surface area contributed by atoms with Crippen LogP contribution in [0.1, 0.15) is 27.7 Å². The summed E-state index contributed by atoms with van der Waals surface area (Å²) in [5, 5.41) is 1.46. The molecule has 1 fully saturated rings. The van der Waals surface area contributed by atoms with E-state index in [2.05, 4.69) is 25.8 Å². The molecule has 162 valence electrons. The zero-order valence-electron chi connectivity index (χ0n) is 17.4. The molecular formula is C20H24BrClN4O3S. The average molecular weight is 516 g/mol. The normalized spacial score (nSPS) is 19.3. The van der Waals surface area contributed by atoms with Crippen LogP contribution in [0.2, 0.25) is 5.02 Å². The van der Waals surface area contributed by atoms with E-state index in [9.17, 15) is 9.59 Å². The summed E-state index contributed by atoms with van der Waals surface area (Å²) in [6.45, 7) is 9.77. The largest absolute Gasteiger partial charge is 0.444 e. The molecule has 10 heteroatoms. The summed E-state index contributed by atoms with van der Waals surface area (Å²) in [5.74, 6) is 1.42. The number of amides is 1. The first-order valence-electron chi connectivity index (χ1n) is 9.86. The summed E-state index contributed by atoms with van der Waals surface area (Å²) in [6.07, 6.45) is -0.317. The number of benzene rings is 1. The molecular weight excluding hydrogens is 492 g/mol. The Morgan fingerprint density at radius 3 is 2.73 bits per heavy atom. The van der Waals surface area contributed by atoms with Crippen LogP contribution in [0, 0.1) is 0 Å². The third-order valence-corrected chi connectivity index (χ3v) is 7.89.